The summed E-state index contributed by atoms with van der Waals surface area (Å²) in [6.07, 6.45) is 1.34. The van der Waals surface area contributed by atoms with E-state index in [0.717, 1.165) is 0 Å². The van der Waals surface area contributed by atoms with Gasteiger partial charge in [0.15, 0.2) is 11.6 Å². The van der Waals surface area contributed by atoms with E-state index >= 15 is 0 Å². The lowest BCUT2D eigenvalue weighted by Gasteiger charge is -2.30. The topological polar surface area (TPSA) is 641 Å². The number of aliphatic hydroxyl groups excluding tert-OH is 2. The smallest absolute Gasteiger partial charge is 0.326 e. The van der Waals surface area contributed by atoms with Crippen LogP contribution in [0, 0.1) is 35.5 Å². The number of amides is 15. The fourth-order valence-corrected chi connectivity index (χ4v) is 14.0. The lowest BCUT2D eigenvalue weighted by Crippen LogP contribution is -2.63. The summed E-state index contributed by atoms with van der Waals surface area (Å²) < 4.78 is 0. The monoisotopic (exact) mass is 1810 g/mol. The van der Waals surface area contributed by atoms with E-state index in [2.05, 4.69) is 95.0 Å². The maximum Gasteiger partial charge on any atom is 0.326 e. The average molecular weight is 1810 g/mol. The number of aliphatic carboxylic acids is 1. The summed E-state index contributed by atoms with van der Waals surface area (Å²) in [6, 6.07) is -3.82. The summed E-state index contributed by atoms with van der Waals surface area (Å²) >= 11 is 0. The second-order valence-electron chi connectivity index (χ2n) is 34.8. The van der Waals surface area contributed by atoms with Gasteiger partial charge < -0.3 is 117 Å². The van der Waals surface area contributed by atoms with Crippen molar-refractivity contribution < 1.29 is 102 Å². The first-order chi connectivity index (χ1) is 60.8. The number of hydrogen-bond donors (Lipinski definition) is 22. The second kappa shape index (κ2) is 55.2. The van der Waals surface area contributed by atoms with Crippen molar-refractivity contribution in [1.82, 2.24) is 95.0 Å². The highest BCUT2D eigenvalue weighted by Gasteiger charge is 2.41. The first-order valence-electron chi connectivity index (χ1n) is 44.2. The van der Waals surface area contributed by atoms with E-state index in [1.54, 1.807) is 138 Å². The van der Waals surface area contributed by atoms with Crippen molar-refractivity contribution in [3.05, 3.63) is 89.5 Å². The van der Waals surface area contributed by atoms with E-state index in [4.69, 9.17) is 11.5 Å². The van der Waals surface area contributed by atoms with Gasteiger partial charge in [0, 0.05) is 42.3 Å². The van der Waals surface area contributed by atoms with E-state index < -0.39 is 229 Å². The number of Topliss-reactive ketones (excluding diaryl/α,β-unsaturated/α-hetero) is 2. The summed E-state index contributed by atoms with van der Waals surface area (Å²) in [5.74, 6) is -17.6. The maximum atomic E-state index is 14.7. The molecule has 1 aliphatic carbocycles. The van der Waals surface area contributed by atoms with E-state index in [0.29, 0.717) is 48.1 Å². The number of rotatable bonds is 57. The molecule has 41 nitrogen and oxygen atoms in total. The largest absolute Gasteiger partial charge is 0.480 e. The number of carboxylic acids is 1. The number of carboxylic acid groups (broad SMARTS) is 1. The molecule has 24 N–H and O–H groups in total. The second-order valence-corrected chi connectivity index (χ2v) is 34.8. The minimum atomic E-state index is -1.76. The molecule has 0 spiro atoms. The van der Waals surface area contributed by atoms with Crippen LogP contribution >= 0.6 is 0 Å². The Morgan fingerprint density at radius 3 is 1.40 bits per heavy atom. The molecule has 0 aliphatic heterocycles. The van der Waals surface area contributed by atoms with E-state index in [1.807, 2.05) is 0 Å². The molecule has 4 rings (SSSR count). The zero-order valence-corrected chi connectivity index (χ0v) is 76.6. The number of benzene rings is 2. The van der Waals surface area contributed by atoms with Crippen LogP contribution in [0.15, 0.2) is 67.1 Å². The van der Waals surface area contributed by atoms with Gasteiger partial charge in [0.05, 0.1) is 50.3 Å². The van der Waals surface area contributed by atoms with Crippen molar-refractivity contribution in [3.63, 3.8) is 0 Å². The molecule has 716 valence electrons. The van der Waals surface area contributed by atoms with E-state index in [1.165, 1.54) is 33.3 Å². The number of fused-ring (bicyclic) bond motifs is 1. The Bertz CT molecular complexity index is 4260. The molecule has 0 bridgehead atoms. The number of H-pyrrole nitrogens is 1. The molecule has 15 amide bonds. The number of carbonyl (C=O) groups is 18. The number of aliphatic hydroxyl groups is 2. The highest BCUT2D eigenvalue weighted by molar-refractivity contribution is 6.16. The molecular weight excluding hydrogens is 1670 g/mol. The minimum Gasteiger partial charge on any atom is -0.480 e. The number of hydrogen-bond acceptors (Lipinski definition) is 24. The Labute approximate surface area is 752 Å². The third kappa shape index (κ3) is 37.9. The third-order valence-corrected chi connectivity index (χ3v) is 21.5. The Morgan fingerprint density at radius 2 is 0.868 bits per heavy atom. The summed E-state index contributed by atoms with van der Waals surface area (Å²) in [5, 5.41) is 72.9. The van der Waals surface area contributed by atoms with E-state index in [-0.39, 0.29) is 100 Å². The molecule has 1 unspecified atom stereocenters. The van der Waals surface area contributed by atoms with Crippen molar-refractivity contribution in [2.45, 2.75) is 284 Å². The molecule has 1 heterocycles. The minimum absolute atomic E-state index is 0.000250. The number of aromatic amines is 1. The van der Waals surface area contributed by atoms with Crippen molar-refractivity contribution >= 4 is 106 Å². The lowest BCUT2D eigenvalue weighted by molar-refractivity contribution is -0.142. The standard InChI is InChI=1S/C88H138N20O21/c1-16-50(12)72(85(125)103-63(35-46(4)5)80(120)98-59(30-23-25-33-92-61-39-66(111)56-28-20-21-29-57(56)75(61)115)79(119)101-65(37-54-26-18-17-19-27-54)81(121)99-60(88(128)129)31-22-24-32-89)104-68(113)42-93-67(112)41-95-78(118)62(34-45(2)3)100-76(116)51(13)97-86(126)74(53(15)110)108-82(122)64(36-47(6)7)102-83(123)70(48(8)9)106-84(124)71(49(10)11)107-87(127)73(52(14)109)105-69(114)43-94-77(117)58(90)38-55-40-91-44-96-55/h17-21,26-29,40,44-53,58-65,70-74,92,109-110H,16,22-25,30-39,41-43,89-90H2,1-15H3,(H,91,96)(H,93,112)(H,94,117)(H,95,118)(H,97,126)(H,98,120)(H,99,121)(H,100,116)(H,101,119)(H,102,123)(H,103,125)(H,104,113)(H,105,114)(H,106,124)(H,107,127)(H,108,122)(H,128,129)/t50-,51-,52+,53+,58-,59-,60-,61?,62-,63-,64-,65-,70-,71-,72-,73-,74-/m0/s1. The van der Waals surface area contributed by atoms with Crippen LogP contribution in [0.25, 0.3) is 0 Å². The highest BCUT2D eigenvalue weighted by Crippen LogP contribution is 2.23. The number of aromatic nitrogens is 2. The molecule has 1 aliphatic rings. The number of nitrogens with one attached hydrogen (secondary N) is 17. The molecule has 0 radical (unpaired) electrons. The van der Waals surface area contributed by atoms with Gasteiger partial charge in [-0.05, 0) is 133 Å². The predicted octanol–water partition coefficient (Wildman–Crippen LogP) is -2.22. The molecule has 0 saturated heterocycles. The maximum absolute atomic E-state index is 14.7. The van der Waals surface area contributed by atoms with Crippen LogP contribution in [0.3, 0.4) is 0 Å². The zero-order chi connectivity index (χ0) is 96.6. The number of ketones is 2. The SMILES string of the molecule is CC[C@H](C)[C@H](NC(=O)CNC(=O)CNC(=O)[C@H](CC(C)C)NC(=O)[C@H](C)NC(=O)[C@@H](NC(=O)[C@H](CC(C)C)NC(=O)[C@@H](NC(=O)[C@@H](NC(=O)[C@@H](NC(=O)CNC(=O)[C@@H](N)Cc1cnc[nH]1)[C@@H](C)O)C(C)C)C(C)C)[C@@H](C)O)C(=O)N[C@@H](CC(C)C)C(=O)N[C@@H](CCCCNC1CC(=O)c2ccccc2C1=O)C(=O)N[C@@H](Cc1ccccc1)C(=O)N[C@@H](CCCCN)C(=O)O. The fourth-order valence-electron chi connectivity index (χ4n) is 14.0. The number of nitrogens with zero attached hydrogens (tertiary/aromatic N) is 1. The molecule has 1 aromatic heterocycles. The van der Waals surface area contributed by atoms with Gasteiger partial charge in [-0.25, -0.2) is 9.78 Å². The number of carbonyl (C=O) groups excluding carboxylic acids is 17. The average Bonchev–Trinajstić information content (AvgIpc) is 1.15. The van der Waals surface area contributed by atoms with Gasteiger partial charge in [0.2, 0.25) is 88.6 Å². The molecule has 0 saturated carbocycles. The summed E-state index contributed by atoms with van der Waals surface area (Å²) in [5.41, 5.74) is 13.4. The number of nitrogens with two attached hydrogens (primary N) is 2. The number of unbranched alkanes of at least 4 members (excludes halogenated alkanes) is 2. The molecular formula is C88H138N20O21. The van der Waals surface area contributed by atoms with Crippen LogP contribution in [0.1, 0.15) is 206 Å². The predicted molar refractivity (Wildman–Crippen MR) is 475 cm³/mol. The fraction of sp³-hybridized carbons (Fsp3) is 0.625. The van der Waals surface area contributed by atoms with Gasteiger partial charge in [-0.2, -0.15) is 0 Å². The first kappa shape index (κ1) is 110. The Kier molecular flexibility index (Phi) is 47.0. The van der Waals surface area contributed by atoms with Gasteiger partial charge in [0.1, 0.15) is 72.5 Å². The molecule has 17 atom stereocenters. The first-order valence-corrected chi connectivity index (χ1v) is 44.2. The Morgan fingerprint density at radius 1 is 0.442 bits per heavy atom. The van der Waals surface area contributed by atoms with Gasteiger partial charge in [-0.1, -0.05) is 144 Å². The van der Waals surface area contributed by atoms with Crippen LogP contribution < -0.4 is 96.5 Å². The molecule has 41 heteroatoms. The Balaban J connectivity index is 1.41. The normalized spacial score (nSPS) is 16.3. The number of imidazole rings is 1. The van der Waals surface area contributed by atoms with Crippen molar-refractivity contribution in [3.8, 4) is 0 Å². The quantitative estimate of drug-likeness (QED) is 0.0266. The lowest BCUT2D eigenvalue weighted by atomic mass is 9.86. The van der Waals surface area contributed by atoms with Gasteiger partial charge >= 0.3 is 5.97 Å². The molecule has 0 fully saturated rings. The molecule has 3 aromatic rings. The van der Waals surface area contributed by atoms with Crippen LogP contribution in [-0.2, 0) is 89.6 Å². The van der Waals surface area contributed by atoms with Gasteiger partial charge in [0.25, 0.3) is 0 Å². The van der Waals surface area contributed by atoms with Crippen molar-refractivity contribution in [2.24, 2.45) is 47.0 Å². The zero-order valence-electron chi connectivity index (χ0n) is 76.6. The van der Waals surface area contributed by atoms with Crippen LogP contribution in [0.5, 0.6) is 0 Å². The Hall–Kier alpha value is -11.7. The van der Waals surface area contributed by atoms with Crippen LogP contribution in [0.2, 0.25) is 0 Å². The van der Waals surface area contributed by atoms with Gasteiger partial charge in [-0.3, -0.25) is 81.5 Å². The van der Waals surface area contributed by atoms with Gasteiger partial charge in [-0.15, -0.1) is 0 Å². The molecule has 129 heavy (non-hydrogen) atoms. The van der Waals surface area contributed by atoms with E-state index in [9.17, 15) is 102 Å². The van der Waals surface area contributed by atoms with Crippen molar-refractivity contribution in [1.29, 1.82) is 0 Å². The summed E-state index contributed by atoms with van der Waals surface area (Å²) in [4.78, 5) is 254. The van der Waals surface area contributed by atoms with Crippen LogP contribution in [0.4, 0.5) is 0 Å². The third-order valence-electron chi connectivity index (χ3n) is 21.5. The molecule has 2 aromatic carbocycles. The van der Waals surface area contributed by atoms with Crippen molar-refractivity contribution in [2.75, 3.05) is 32.7 Å². The highest BCUT2D eigenvalue weighted by atomic mass is 16.4. The summed E-state index contributed by atoms with van der Waals surface area (Å²) in [6.45, 7) is 22.3. The van der Waals surface area contributed by atoms with Crippen LogP contribution in [-0.4, -0.2) is 261 Å². The summed E-state index contributed by atoms with van der Waals surface area (Å²) in [7, 11) is 0.